The molecule has 2 aromatic rings. The third kappa shape index (κ3) is 1.20. The number of hydrogen-bond acceptors (Lipinski definition) is 4. The number of hydrogen-bond donors (Lipinski definition) is 1. The van der Waals surface area contributed by atoms with Crippen molar-refractivity contribution in [2.75, 3.05) is 0 Å². The SMILES string of the molecule is O=C1CC(=O)c2[se]c3c4c(ccc1c24)C(=O)NC3=O. The van der Waals surface area contributed by atoms with Crippen LogP contribution in [0, 0.1) is 0 Å². The molecule has 0 radical (unpaired) electrons. The topological polar surface area (TPSA) is 80.3 Å². The van der Waals surface area contributed by atoms with Crippen LogP contribution in [-0.4, -0.2) is 37.9 Å². The van der Waals surface area contributed by atoms with E-state index in [1.54, 1.807) is 12.1 Å². The summed E-state index contributed by atoms with van der Waals surface area (Å²) in [5.74, 6) is -1.35. The average Bonchev–Trinajstić information content (AvgIpc) is 2.76. The molecule has 1 N–H and O–H groups in total. The second kappa shape index (κ2) is 3.29. The van der Waals surface area contributed by atoms with Gasteiger partial charge in [0.05, 0.1) is 0 Å². The number of nitrogens with one attached hydrogen (secondary N) is 1. The summed E-state index contributed by atoms with van der Waals surface area (Å²) in [6.07, 6.45) is -0.133. The molecule has 19 heavy (non-hydrogen) atoms. The number of carbonyl (C=O) groups excluding carboxylic acids is 4. The van der Waals surface area contributed by atoms with Gasteiger partial charge >= 0.3 is 112 Å². The van der Waals surface area contributed by atoms with Gasteiger partial charge in [0.15, 0.2) is 0 Å². The van der Waals surface area contributed by atoms with E-state index >= 15 is 0 Å². The number of amides is 2. The summed E-state index contributed by atoms with van der Waals surface area (Å²) in [6.45, 7) is 0. The van der Waals surface area contributed by atoms with E-state index in [-0.39, 0.29) is 18.0 Å². The Bertz CT molecular complexity index is 778. The standard InChI is InChI=1S/C13H5NO4Se/c15-6-3-7(16)10-8-4(6)1-2-5-9(8)11(19-10)13(18)14-12(5)17/h1-2H,3H2,(H,14,17,18). The van der Waals surface area contributed by atoms with E-state index < -0.39 is 26.3 Å². The summed E-state index contributed by atoms with van der Waals surface area (Å²) in [7, 11) is 0. The summed E-state index contributed by atoms with van der Waals surface area (Å²) in [5.41, 5.74) is 0.848. The predicted octanol–water partition coefficient (Wildman–Crippen LogP) is 0.550. The van der Waals surface area contributed by atoms with Crippen molar-refractivity contribution >= 4 is 48.7 Å². The summed E-state index contributed by atoms with van der Waals surface area (Å²) in [5, 5.41) is 3.33. The van der Waals surface area contributed by atoms with E-state index in [0.717, 1.165) is 0 Å². The normalized spacial score (nSPS) is 17.1. The Labute approximate surface area is 112 Å². The van der Waals surface area contributed by atoms with Crippen LogP contribution >= 0.6 is 0 Å². The molecule has 0 unspecified atom stereocenters. The van der Waals surface area contributed by atoms with Crippen molar-refractivity contribution < 1.29 is 19.2 Å². The summed E-state index contributed by atoms with van der Waals surface area (Å²) in [4.78, 5) is 47.5. The van der Waals surface area contributed by atoms with Gasteiger partial charge in [-0.25, -0.2) is 0 Å². The third-order valence-electron chi connectivity index (χ3n) is 3.42. The Morgan fingerprint density at radius 3 is 2.32 bits per heavy atom. The van der Waals surface area contributed by atoms with Crippen LogP contribution in [0.25, 0.3) is 10.8 Å². The van der Waals surface area contributed by atoms with E-state index in [4.69, 9.17) is 0 Å². The van der Waals surface area contributed by atoms with E-state index in [2.05, 4.69) is 5.32 Å². The van der Waals surface area contributed by atoms with Gasteiger partial charge in [0.2, 0.25) is 0 Å². The second-order valence-electron chi connectivity index (χ2n) is 4.48. The minimum absolute atomic E-state index is 0.133. The number of imide groups is 1. The van der Waals surface area contributed by atoms with Crippen molar-refractivity contribution in [1.29, 1.82) is 0 Å². The fourth-order valence-electron chi connectivity index (χ4n) is 2.60. The Hall–Kier alpha value is -2.04. The first-order valence-corrected chi connectivity index (χ1v) is 7.31. The van der Waals surface area contributed by atoms with Gasteiger partial charge in [-0.15, -0.1) is 0 Å². The van der Waals surface area contributed by atoms with Gasteiger partial charge < -0.3 is 0 Å². The van der Waals surface area contributed by atoms with Crippen molar-refractivity contribution in [2.45, 2.75) is 6.42 Å². The Kier molecular flexibility index (Phi) is 1.88. The van der Waals surface area contributed by atoms with Gasteiger partial charge in [-0.3, -0.25) is 0 Å². The zero-order valence-corrected chi connectivity index (χ0v) is 11.1. The van der Waals surface area contributed by atoms with Crippen LogP contribution in [-0.2, 0) is 0 Å². The van der Waals surface area contributed by atoms with Crippen LogP contribution < -0.4 is 5.32 Å². The van der Waals surface area contributed by atoms with Gasteiger partial charge in [0, 0.05) is 0 Å². The fourth-order valence-corrected chi connectivity index (χ4v) is 5.04. The molecule has 92 valence electrons. The van der Waals surface area contributed by atoms with Crippen molar-refractivity contribution in [3.8, 4) is 0 Å². The van der Waals surface area contributed by atoms with Crippen LogP contribution in [0.4, 0.5) is 0 Å². The molecule has 2 aliphatic rings. The molecule has 1 aromatic heterocycles. The maximum atomic E-state index is 11.9. The Morgan fingerprint density at radius 2 is 1.53 bits per heavy atom. The zero-order chi connectivity index (χ0) is 13.3. The number of rotatable bonds is 0. The first-order valence-electron chi connectivity index (χ1n) is 5.59. The molecule has 1 aliphatic heterocycles. The zero-order valence-electron chi connectivity index (χ0n) is 9.40. The van der Waals surface area contributed by atoms with E-state index in [9.17, 15) is 19.2 Å². The molecule has 1 aliphatic carbocycles. The van der Waals surface area contributed by atoms with Crippen LogP contribution in [0.1, 0.15) is 45.6 Å². The molecule has 0 saturated carbocycles. The van der Waals surface area contributed by atoms with Crippen LogP contribution in [0.2, 0.25) is 0 Å². The predicted molar refractivity (Wildman–Crippen MR) is 66.0 cm³/mol. The molecule has 2 heterocycles. The quantitative estimate of drug-likeness (QED) is 0.437. The fraction of sp³-hybridized carbons (Fsp3) is 0.0769. The third-order valence-corrected chi connectivity index (χ3v) is 6.00. The van der Waals surface area contributed by atoms with Crippen LogP contribution in [0.5, 0.6) is 0 Å². The second-order valence-corrected chi connectivity index (χ2v) is 6.62. The average molecular weight is 318 g/mol. The molecular weight excluding hydrogens is 313 g/mol. The van der Waals surface area contributed by atoms with Crippen molar-refractivity contribution in [3.05, 3.63) is 32.1 Å². The molecule has 0 spiro atoms. The van der Waals surface area contributed by atoms with Gasteiger partial charge in [0.1, 0.15) is 0 Å². The van der Waals surface area contributed by atoms with Crippen LogP contribution in [0.15, 0.2) is 12.1 Å². The van der Waals surface area contributed by atoms with Crippen LogP contribution in [0.3, 0.4) is 0 Å². The first kappa shape index (κ1) is 10.8. The molecule has 4 rings (SSSR count). The van der Waals surface area contributed by atoms with E-state index in [1.807, 2.05) is 0 Å². The molecule has 1 aromatic carbocycles. The van der Waals surface area contributed by atoms with E-state index in [1.165, 1.54) is 0 Å². The molecule has 5 nitrogen and oxygen atoms in total. The molecule has 2 amide bonds. The van der Waals surface area contributed by atoms with Crippen molar-refractivity contribution in [2.24, 2.45) is 0 Å². The molecule has 0 fully saturated rings. The Morgan fingerprint density at radius 1 is 0.842 bits per heavy atom. The minimum atomic E-state index is -0.464. The molecule has 0 atom stereocenters. The molecular formula is C13H5NO4Se. The van der Waals surface area contributed by atoms with Gasteiger partial charge in [-0.1, -0.05) is 0 Å². The van der Waals surface area contributed by atoms with Gasteiger partial charge in [0.25, 0.3) is 0 Å². The first-order chi connectivity index (χ1) is 9.08. The maximum absolute atomic E-state index is 11.9. The number of Topliss-reactive ketones (excluding diaryl/α,β-unsaturated/α-hetero) is 2. The molecule has 0 bridgehead atoms. The molecule has 6 heteroatoms. The van der Waals surface area contributed by atoms with Gasteiger partial charge in [-0.2, -0.15) is 0 Å². The summed E-state index contributed by atoms with van der Waals surface area (Å²) in [6, 6.07) is 3.14. The van der Waals surface area contributed by atoms with E-state index in [0.29, 0.717) is 30.8 Å². The van der Waals surface area contributed by atoms with Crippen molar-refractivity contribution in [1.82, 2.24) is 5.32 Å². The molecule has 0 saturated heterocycles. The van der Waals surface area contributed by atoms with Crippen molar-refractivity contribution in [3.63, 3.8) is 0 Å². The number of carbonyl (C=O) groups is 4. The summed E-state index contributed by atoms with van der Waals surface area (Å²) < 4.78 is 1.04. The Balaban J connectivity index is 2.28. The summed E-state index contributed by atoms with van der Waals surface area (Å²) >= 11 is -0.421. The monoisotopic (exact) mass is 319 g/mol. The van der Waals surface area contributed by atoms with Gasteiger partial charge in [-0.05, 0) is 0 Å². The number of ketones is 2. The number of benzene rings is 1.